The zero-order chi connectivity index (χ0) is 15.7. The van der Waals surface area contributed by atoms with E-state index in [4.69, 9.17) is 4.74 Å². The summed E-state index contributed by atoms with van der Waals surface area (Å²) in [5.74, 6) is 0.424. The number of aryl methyl sites for hydroxylation is 1. The lowest BCUT2D eigenvalue weighted by Crippen LogP contribution is -2.39. The Balaban J connectivity index is 2.35. The molecule has 2 rings (SSSR count). The van der Waals surface area contributed by atoms with Crippen molar-refractivity contribution in [2.45, 2.75) is 71.6 Å². The summed E-state index contributed by atoms with van der Waals surface area (Å²) < 4.78 is 6.30. The molecule has 1 fully saturated rings. The van der Waals surface area contributed by atoms with Crippen molar-refractivity contribution in [3.8, 4) is 0 Å². The Morgan fingerprint density at radius 3 is 2.62 bits per heavy atom. The second kappa shape index (κ2) is 6.05. The normalized spacial score (nSPS) is 25.0. The van der Waals surface area contributed by atoms with Crippen LogP contribution in [-0.2, 0) is 4.74 Å². The van der Waals surface area contributed by atoms with Gasteiger partial charge in [-0.1, -0.05) is 13.0 Å². The highest BCUT2D eigenvalue weighted by atomic mass is 16.5. The van der Waals surface area contributed by atoms with Crippen molar-refractivity contribution in [1.29, 1.82) is 0 Å². The van der Waals surface area contributed by atoms with Gasteiger partial charge in [-0.25, -0.2) is 0 Å². The molecule has 1 aliphatic rings. The predicted octanol–water partition coefficient (Wildman–Crippen LogP) is 4.02. The Labute approximate surface area is 129 Å². The number of hydrogen-bond donors (Lipinski definition) is 1. The fourth-order valence-electron chi connectivity index (χ4n) is 3.68. The van der Waals surface area contributed by atoms with E-state index in [2.05, 4.69) is 57.9 Å². The van der Waals surface area contributed by atoms with Gasteiger partial charge in [0.1, 0.15) is 0 Å². The molecule has 0 bridgehead atoms. The van der Waals surface area contributed by atoms with Gasteiger partial charge >= 0.3 is 0 Å². The average molecular weight is 290 g/mol. The van der Waals surface area contributed by atoms with Crippen molar-refractivity contribution in [2.24, 2.45) is 5.92 Å². The van der Waals surface area contributed by atoms with Crippen LogP contribution in [0.3, 0.4) is 0 Å². The monoisotopic (exact) mass is 290 g/mol. The molecule has 0 spiro atoms. The zero-order valence-corrected chi connectivity index (χ0v) is 14.4. The fourth-order valence-corrected chi connectivity index (χ4v) is 3.68. The molecule has 3 nitrogen and oxygen atoms in total. The average Bonchev–Trinajstić information content (AvgIpc) is 2.60. The molecule has 21 heavy (non-hydrogen) atoms. The van der Waals surface area contributed by atoms with Crippen LogP contribution in [0.1, 0.15) is 64.8 Å². The summed E-state index contributed by atoms with van der Waals surface area (Å²) in [5.41, 5.74) is 2.22. The number of hydrogen-bond acceptors (Lipinski definition) is 3. The van der Waals surface area contributed by atoms with Crippen LogP contribution < -0.4 is 5.32 Å². The molecule has 2 atom stereocenters. The molecule has 0 aromatic carbocycles. The van der Waals surface area contributed by atoms with Crippen molar-refractivity contribution in [3.05, 3.63) is 29.6 Å². The zero-order valence-electron chi connectivity index (χ0n) is 14.4. The molecule has 2 heterocycles. The molecule has 1 aromatic heterocycles. The lowest BCUT2D eigenvalue weighted by molar-refractivity contribution is -0.0780. The molecular formula is C18H30N2O. The molecule has 0 saturated carbocycles. The third-order valence-electron chi connectivity index (χ3n) is 4.50. The lowest BCUT2D eigenvalue weighted by Gasteiger charge is -2.34. The van der Waals surface area contributed by atoms with E-state index < -0.39 is 0 Å². The van der Waals surface area contributed by atoms with Gasteiger partial charge in [0.25, 0.3) is 0 Å². The topological polar surface area (TPSA) is 34.2 Å². The van der Waals surface area contributed by atoms with E-state index in [1.54, 1.807) is 0 Å². The molecule has 118 valence electrons. The molecule has 2 unspecified atom stereocenters. The maximum atomic E-state index is 6.30. The molecular weight excluding hydrogens is 260 g/mol. The van der Waals surface area contributed by atoms with E-state index >= 15 is 0 Å². The van der Waals surface area contributed by atoms with Crippen LogP contribution in [0.25, 0.3) is 0 Å². The molecule has 1 N–H and O–H groups in total. The first-order valence-corrected chi connectivity index (χ1v) is 8.12. The standard InChI is InChI=1S/C18H30N2O/c1-7-10-19-16(15-13(2)9-8-11-20-15)14-12-17(3,4)21-18(14,5)6/h8-9,11,14,16,19H,7,10,12H2,1-6H3. The van der Waals surface area contributed by atoms with E-state index in [1.165, 1.54) is 11.3 Å². The van der Waals surface area contributed by atoms with E-state index in [0.29, 0.717) is 5.92 Å². The second-order valence-corrected chi connectivity index (χ2v) is 7.41. The van der Waals surface area contributed by atoms with E-state index in [-0.39, 0.29) is 17.2 Å². The van der Waals surface area contributed by atoms with E-state index in [9.17, 15) is 0 Å². The van der Waals surface area contributed by atoms with Crippen molar-refractivity contribution in [2.75, 3.05) is 6.54 Å². The second-order valence-electron chi connectivity index (χ2n) is 7.41. The minimum absolute atomic E-state index is 0.0665. The van der Waals surface area contributed by atoms with Crippen molar-refractivity contribution < 1.29 is 4.74 Å². The largest absolute Gasteiger partial charge is 0.369 e. The summed E-state index contributed by atoms with van der Waals surface area (Å²) in [7, 11) is 0. The first-order valence-electron chi connectivity index (χ1n) is 8.12. The van der Waals surface area contributed by atoms with Gasteiger partial charge in [-0.3, -0.25) is 4.98 Å². The first-order chi connectivity index (χ1) is 9.77. The highest BCUT2D eigenvalue weighted by Crippen LogP contribution is 2.47. The molecule has 0 amide bonds. The smallest absolute Gasteiger partial charge is 0.0681 e. The number of aromatic nitrogens is 1. The Hall–Kier alpha value is -0.930. The van der Waals surface area contributed by atoms with Crippen LogP contribution in [-0.4, -0.2) is 22.7 Å². The maximum absolute atomic E-state index is 6.30. The summed E-state index contributed by atoms with van der Waals surface area (Å²) in [4.78, 5) is 4.67. The SMILES string of the molecule is CCCNC(c1ncccc1C)C1CC(C)(C)OC1(C)C. The quantitative estimate of drug-likeness (QED) is 0.889. The van der Waals surface area contributed by atoms with Gasteiger partial charge in [-0.2, -0.15) is 0 Å². The molecule has 0 aliphatic carbocycles. The van der Waals surface area contributed by atoms with Crippen molar-refractivity contribution >= 4 is 0 Å². The Morgan fingerprint density at radius 1 is 1.38 bits per heavy atom. The number of pyridine rings is 1. The third kappa shape index (κ3) is 3.64. The highest BCUT2D eigenvalue weighted by Gasteiger charge is 2.49. The van der Waals surface area contributed by atoms with Gasteiger partial charge in [-0.15, -0.1) is 0 Å². The summed E-state index contributed by atoms with van der Waals surface area (Å²) in [6, 6.07) is 4.41. The van der Waals surface area contributed by atoms with Crippen LogP contribution in [0.15, 0.2) is 18.3 Å². The molecule has 1 saturated heterocycles. The van der Waals surface area contributed by atoms with Crippen molar-refractivity contribution in [1.82, 2.24) is 10.3 Å². The van der Waals surface area contributed by atoms with Crippen LogP contribution in [0.5, 0.6) is 0 Å². The van der Waals surface area contributed by atoms with Crippen LogP contribution in [0.4, 0.5) is 0 Å². The molecule has 1 aromatic rings. The van der Waals surface area contributed by atoms with Gasteiger partial charge in [0.15, 0.2) is 0 Å². The maximum Gasteiger partial charge on any atom is 0.0681 e. The number of rotatable bonds is 5. The van der Waals surface area contributed by atoms with Crippen LogP contribution in [0, 0.1) is 12.8 Å². The number of ether oxygens (including phenoxy) is 1. The Bertz CT molecular complexity index is 482. The molecule has 1 aliphatic heterocycles. The summed E-state index contributed by atoms with van der Waals surface area (Å²) in [6.07, 6.45) is 4.08. The van der Waals surface area contributed by atoms with Crippen molar-refractivity contribution in [3.63, 3.8) is 0 Å². The van der Waals surface area contributed by atoms with Gasteiger partial charge in [0.05, 0.1) is 22.9 Å². The molecule has 3 heteroatoms. The summed E-state index contributed by atoms with van der Waals surface area (Å²) in [5, 5.41) is 3.72. The lowest BCUT2D eigenvalue weighted by atomic mass is 9.79. The fraction of sp³-hybridized carbons (Fsp3) is 0.722. The van der Waals surface area contributed by atoms with Gasteiger partial charge in [0, 0.05) is 12.1 Å². The number of nitrogens with one attached hydrogen (secondary N) is 1. The van der Waals surface area contributed by atoms with E-state index in [0.717, 1.165) is 19.4 Å². The first kappa shape index (κ1) is 16.4. The minimum Gasteiger partial charge on any atom is -0.369 e. The Morgan fingerprint density at radius 2 is 2.10 bits per heavy atom. The van der Waals surface area contributed by atoms with Crippen LogP contribution in [0.2, 0.25) is 0 Å². The van der Waals surface area contributed by atoms with Gasteiger partial charge < -0.3 is 10.1 Å². The third-order valence-corrected chi connectivity index (χ3v) is 4.50. The summed E-state index contributed by atoms with van der Waals surface area (Å²) >= 11 is 0. The summed E-state index contributed by atoms with van der Waals surface area (Å²) in [6.45, 7) is 14.2. The number of nitrogens with zero attached hydrogens (tertiary/aromatic N) is 1. The molecule has 0 radical (unpaired) electrons. The van der Waals surface area contributed by atoms with Crippen LogP contribution >= 0.6 is 0 Å². The predicted molar refractivity (Wildman–Crippen MR) is 87.4 cm³/mol. The minimum atomic E-state index is -0.140. The van der Waals surface area contributed by atoms with E-state index in [1.807, 2.05) is 12.3 Å². The van der Waals surface area contributed by atoms with Gasteiger partial charge in [0.2, 0.25) is 0 Å². The Kier molecular flexibility index (Phi) is 4.74. The van der Waals surface area contributed by atoms with Gasteiger partial charge in [-0.05, 0) is 65.6 Å². The highest BCUT2D eigenvalue weighted by molar-refractivity contribution is 5.23.